The lowest BCUT2D eigenvalue weighted by atomic mass is 10.00. The fourth-order valence-electron chi connectivity index (χ4n) is 2.94. The lowest BCUT2D eigenvalue weighted by Gasteiger charge is -2.26. The Balaban J connectivity index is 1.72. The highest BCUT2D eigenvalue weighted by atomic mass is 16.7. The maximum atomic E-state index is 12.8. The van der Waals surface area contributed by atoms with E-state index in [1.54, 1.807) is 6.08 Å². The summed E-state index contributed by atoms with van der Waals surface area (Å²) in [7, 11) is 0. The fourth-order valence-corrected chi connectivity index (χ4v) is 2.94. The van der Waals surface area contributed by atoms with Crippen molar-refractivity contribution in [1.82, 2.24) is 0 Å². The van der Waals surface area contributed by atoms with E-state index in [0.29, 0.717) is 11.3 Å². The monoisotopic (exact) mass is 354 g/mol. The maximum Gasteiger partial charge on any atom is 0.345 e. The molecule has 1 atom stereocenters. The van der Waals surface area contributed by atoms with E-state index in [2.05, 4.69) is 0 Å². The van der Waals surface area contributed by atoms with Crippen molar-refractivity contribution in [2.75, 3.05) is 0 Å². The van der Waals surface area contributed by atoms with Gasteiger partial charge in [0.1, 0.15) is 11.3 Å². The number of esters is 1. The molecule has 0 fully saturated rings. The molecule has 1 heterocycles. The van der Waals surface area contributed by atoms with E-state index in [1.165, 1.54) is 0 Å². The molecule has 0 radical (unpaired) electrons. The smallest absolute Gasteiger partial charge is 0.345 e. The Kier molecular flexibility index (Phi) is 4.84. The van der Waals surface area contributed by atoms with Crippen molar-refractivity contribution in [3.8, 4) is 0 Å². The Bertz CT molecular complexity index is 974. The van der Waals surface area contributed by atoms with Crippen LogP contribution in [0, 0.1) is 0 Å². The van der Waals surface area contributed by atoms with Gasteiger partial charge in [-0.3, -0.25) is 0 Å². The number of cyclic esters (lactones) is 1. The van der Waals surface area contributed by atoms with Gasteiger partial charge in [0.2, 0.25) is 0 Å². The molecule has 0 spiro atoms. The normalized spacial score (nSPS) is 16.9. The van der Waals surface area contributed by atoms with Crippen LogP contribution in [-0.4, -0.2) is 12.3 Å². The van der Waals surface area contributed by atoms with Gasteiger partial charge in [-0.25, -0.2) is 4.79 Å². The first-order valence-corrected chi connectivity index (χ1v) is 8.77. The highest BCUT2D eigenvalue weighted by Crippen LogP contribution is 2.34. The van der Waals surface area contributed by atoms with Crippen LogP contribution in [0.25, 0.3) is 17.4 Å². The predicted octanol–water partition coefficient (Wildman–Crippen LogP) is 5.17. The molecule has 3 nitrogen and oxygen atoms in total. The quantitative estimate of drug-likeness (QED) is 0.607. The summed E-state index contributed by atoms with van der Waals surface area (Å²) in [6.07, 6.45) is 2.85. The third-order valence-corrected chi connectivity index (χ3v) is 4.23. The highest BCUT2D eigenvalue weighted by Gasteiger charge is 2.30. The minimum absolute atomic E-state index is 0.394. The third-order valence-electron chi connectivity index (χ3n) is 4.23. The summed E-state index contributed by atoms with van der Waals surface area (Å²) in [6, 6.07) is 28.9. The second kappa shape index (κ2) is 7.75. The Morgan fingerprint density at radius 3 is 1.85 bits per heavy atom. The van der Waals surface area contributed by atoms with Gasteiger partial charge in [0, 0.05) is 5.56 Å². The predicted molar refractivity (Wildman–Crippen MR) is 106 cm³/mol. The molecule has 1 aliphatic heterocycles. The third kappa shape index (κ3) is 3.82. The van der Waals surface area contributed by atoms with E-state index >= 15 is 0 Å². The number of hydrogen-bond acceptors (Lipinski definition) is 3. The van der Waals surface area contributed by atoms with Crippen molar-refractivity contribution >= 4 is 23.4 Å². The van der Waals surface area contributed by atoms with Gasteiger partial charge in [-0.15, -0.1) is 0 Å². The van der Waals surface area contributed by atoms with Gasteiger partial charge in [0.15, 0.2) is 0 Å². The standard InChI is InChI=1S/C24H18O3/c25-24-22(19-12-6-2-7-13-19)23(20-14-8-3-9-15-20)26-21(27-24)17-16-18-10-4-1-5-11-18/h1-17,21H/b17-16-/t21-/m0/s1. The van der Waals surface area contributed by atoms with Gasteiger partial charge in [-0.2, -0.15) is 0 Å². The number of rotatable bonds is 4. The first-order valence-electron chi connectivity index (χ1n) is 8.77. The second-order valence-electron chi connectivity index (χ2n) is 6.10. The second-order valence-corrected chi connectivity index (χ2v) is 6.10. The van der Waals surface area contributed by atoms with Gasteiger partial charge in [0.05, 0.1) is 0 Å². The number of hydrogen-bond donors (Lipinski definition) is 0. The molecule has 0 aliphatic carbocycles. The topological polar surface area (TPSA) is 35.5 Å². The van der Waals surface area contributed by atoms with Crippen LogP contribution in [0.2, 0.25) is 0 Å². The summed E-state index contributed by atoms with van der Waals surface area (Å²) in [4.78, 5) is 12.8. The van der Waals surface area contributed by atoms with Crippen LogP contribution in [0.5, 0.6) is 0 Å². The van der Waals surface area contributed by atoms with Crippen LogP contribution in [-0.2, 0) is 14.3 Å². The first-order chi connectivity index (χ1) is 13.3. The Hall–Kier alpha value is -3.59. The summed E-state index contributed by atoms with van der Waals surface area (Å²) in [5, 5.41) is 0. The van der Waals surface area contributed by atoms with Crippen molar-refractivity contribution in [3.05, 3.63) is 114 Å². The molecule has 1 aliphatic rings. The van der Waals surface area contributed by atoms with E-state index in [9.17, 15) is 4.79 Å². The Morgan fingerprint density at radius 1 is 0.667 bits per heavy atom. The van der Waals surface area contributed by atoms with Gasteiger partial charge in [0.25, 0.3) is 6.29 Å². The van der Waals surface area contributed by atoms with Crippen molar-refractivity contribution in [2.24, 2.45) is 0 Å². The van der Waals surface area contributed by atoms with E-state index in [-0.39, 0.29) is 0 Å². The van der Waals surface area contributed by atoms with Crippen molar-refractivity contribution in [1.29, 1.82) is 0 Å². The fraction of sp³-hybridized carbons (Fsp3) is 0.0417. The lowest BCUT2D eigenvalue weighted by molar-refractivity contribution is -0.155. The molecule has 3 heteroatoms. The van der Waals surface area contributed by atoms with Crippen LogP contribution in [0.15, 0.2) is 97.1 Å². The molecule has 0 saturated heterocycles. The van der Waals surface area contributed by atoms with Crippen LogP contribution < -0.4 is 0 Å². The van der Waals surface area contributed by atoms with E-state index in [4.69, 9.17) is 9.47 Å². The SMILES string of the molecule is O=C1O[C@@H](/C=C\c2ccccc2)OC(c2ccccc2)=C1c1ccccc1. The molecule has 0 unspecified atom stereocenters. The highest BCUT2D eigenvalue weighted by molar-refractivity contribution is 6.24. The summed E-state index contributed by atoms with van der Waals surface area (Å²) in [5.41, 5.74) is 3.06. The number of benzene rings is 3. The van der Waals surface area contributed by atoms with Gasteiger partial charge < -0.3 is 9.47 Å². The Labute approximate surface area is 158 Å². The minimum Gasteiger partial charge on any atom is -0.449 e. The van der Waals surface area contributed by atoms with Gasteiger partial charge in [-0.1, -0.05) is 97.1 Å². The van der Waals surface area contributed by atoms with Crippen LogP contribution in [0.3, 0.4) is 0 Å². The maximum absolute atomic E-state index is 12.8. The number of carbonyl (C=O) groups excluding carboxylic acids is 1. The molecule has 3 aromatic rings. The van der Waals surface area contributed by atoms with E-state index < -0.39 is 12.3 Å². The molecule has 0 N–H and O–H groups in total. The van der Waals surface area contributed by atoms with E-state index in [0.717, 1.165) is 16.7 Å². The molecule has 0 saturated carbocycles. The van der Waals surface area contributed by atoms with E-state index in [1.807, 2.05) is 97.1 Å². The summed E-state index contributed by atoms with van der Waals surface area (Å²) >= 11 is 0. The average Bonchev–Trinajstić information content (AvgIpc) is 2.74. The average molecular weight is 354 g/mol. The minimum atomic E-state index is -0.777. The van der Waals surface area contributed by atoms with Crippen molar-refractivity contribution in [3.63, 3.8) is 0 Å². The molecule has 0 bridgehead atoms. The Morgan fingerprint density at radius 2 is 1.22 bits per heavy atom. The zero-order chi connectivity index (χ0) is 18.5. The zero-order valence-electron chi connectivity index (χ0n) is 14.6. The van der Waals surface area contributed by atoms with Gasteiger partial charge >= 0.3 is 5.97 Å². The van der Waals surface area contributed by atoms with Crippen LogP contribution in [0.1, 0.15) is 16.7 Å². The molecular formula is C24H18O3. The number of carbonyl (C=O) groups is 1. The van der Waals surface area contributed by atoms with Crippen LogP contribution >= 0.6 is 0 Å². The largest absolute Gasteiger partial charge is 0.449 e. The molecule has 4 rings (SSSR count). The van der Waals surface area contributed by atoms with Crippen molar-refractivity contribution in [2.45, 2.75) is 6.29 Å². The summed E-state index contributed by atoms with van der Waals surface area (Å²) < 4.78 is 11.6. The molecular weight excluding hydrogens is 336 g/mol. The summed E-state index contributed by atoms with van der Waals surface area (Å²) in [5.74, 6) is 0.134. The zero-order valence-corrected chi connectivity index (χ0v) is 14.6. The molecule has 0 amide bonds. The van der Waals surface area contributed by atoms with Crippen molar-refractivity contribution < 1.29 is 14.3 Å². The lowest BCUT2D eigenvalue weighted by Crippen LogP contribution is -2.26. The molecule has 0 aromatic heterocycles. The van der Waals surface area contributed by atoms with Gasteiger partial charge in [-0.05, 0) is 17.2 Å². The molecule has 132 valence electrons. The molecule has 27 heavy (non-hydrogen) atoms. The number of ether oxygens (including phenoxy) is 2. The first kappa shape index (κ1) is 16.9. The molecule has 3 aromatic carbocycles. The van der Waals surface area contributed by atoms with Crippen LogP contribution in [0.4, 0.5) is 0 Å². The summed E-state index contributed by atoms with van der Waals surface area (Å²) in [6.45, 7) is 0.